The lowest BCUT2D eigenvalue weighted by Crippen LogP contribution is -2.24. The molecule has 3 nitrogen and oxygen atoms in total. The van der Waals surface area contributed by atoms with E-state index in [2.05, 4.69) is 5.32 Å². The molecule has 0 aromatic heterocycles. The minimum Gasteiger partial charge on any atom is -0.508 e. The zero-order valence-electron chi connectivity index (χ0n) is 11.4. The molecule has 0 bridgehead atoms. The van der Waals surface area contributed by atoms with Crippen molar-refractivity contribution in [2.75, 3.05) is 5.32 Å². The van der Waals surface area contributed by atoms with Gasteiger partial charge in [-0.1, -0.05) is 31.4 Å². The average Bonchev–Trinajstić information content (AvgIpc) is 2.48. The third kappa shape index (κ3) is 2.62. The van der Waals surface area contributed by atoms with E-state index < -0.39 is 0 Å². The number of phenols is 1. The van der Waals surface area contributed by atoms with Crippen LogP contribution in [0.1, 0.15) is 32.1 Å². The molecule has 1 aliphatic rings. The second-order valence-electron chi connectivity index (χ2n) is 5.54. The number of carbonyl (C=O) groups is 1. The lowest BCUT2D eigenvalue weighted by Gasteiger charge is -2.21. The van der Waals surface area contributed by atoms with Crippen molar-refractivity contribution in [3.8, 4) is 5.75 Å². The van der Waals surface area contributed by atoms with E-state index in [4.69, 9.17) is 0 Å². The molecule has 104 valence electrons. The first-order chi connectivity index (χ1) is 9.74. The fourth-order valence-corrected chi connectivity index (χ4v) is 2.98. The Hall–Kier alpha value is -2.03. The summed E-state index contributed by atoms with van der Waals surface area (Å²) in [5.41, 5.74) is 0.832. The Bertz CT molecular complexity index is 630. The molecular weight excluding hydrogens is 250 g/mol. The van der Waals surface area contributed by atoms with Gasteiger partial charge in [0.1, 0.15) is 5.75 Å². The Kier molecular flexibility index (Phi) is 3.59. The largest absolute Gasteiger partial charge is 0.508 e. The third-order valence-corrected chi connectivity index (χ3v) is 4.10. The van der Waals surface area contributed by atoms with Crippen molar-refractivity contribution in [1.29, 1.82) is 0 Å². The number of nitrogens with one attached hydrogen (secondary N) is 1. The quantitative estimate of drug-likeness (QED) is 0.863. The van der Waals surface area contributed by atoms with Gasteiger partial charge in [0.05, 0.1) is 0 Å². The van der Waals surface area contributed by atoms with E-state index in [0.29, 0.717) is 0 Å². The number of hydrogen-bond acceptors (Lipinski definition) is 2. The molecule has 0 radical (unpaired) electrons. The highest BCUT2D eigenvalue weighted by Gasteiger charge is 2.21. The van der Waals surface area contributed by atoms with E-state index in [1.54, 1.807) is 12.1 Å². The number of rotatable bonds is 2. The maximum absolute atomic E-state index is 12.3. The minimum atomic E-state index is 0.130. The standard InChI is InChI=1S/C17H19NO2/c19-14-9-10-15-13(11-14)7-4-8-16(15)18-17(20)12-5-2-1-3-6-12/h4,7-12,19H,1-3,5-6H2,(H,18,20). The van der Waals surface area contributed by atoms with Gasteiger partial charge in [-0.25, -0.2) is 0 Å². The molecule has 2 N–H and O–H groups in total. The van der Waals surface area contributed by atoms with Crippen LogP contribution in [0, 0.1) is 5.92 Å². The number of carbonyl (C=O) groups excluding carboxylic acids is 1. The van der Waals surface area contributed by atoms with Gasteiger partial charge in [0.2, 0.25) is 5.91 Å². The van der Waals surface area contributed by atoms with E-state index in [9.17, 15) is 9.90 Å². The fraction of sp³-hybridized carbons (Fsp3) is 0.353. The Morgan fingerprint density at radius 3 is 2.70 bits per heavy atom. The van der Waals surface area contributed by atoms with Gasteiger partial charge in [0.25, 0.3) is 0 Å². The van der Waals surface area contributed by atoms with Crippen molar-refractivity contribution in [1.82, 2.24) is 0 Å². The predicted octanol–water partition coefficient (Wildman–Crippen LogP) is 4.06. The van der Waals surface area contributed by atoms with Crippen LogP contribution in [-0.2, 0) is 4.79 Å². The Balaban J connectivity index is 1.85. The number of amides is 1. The number of fused-ring (bicyclic) bond motifs is 1. The van der Waals surface area contributed by atoms with Crippen LogP contribution in [0.2, 0.25) is 0 Å². The summed E-state index contributed by atoms with van der Waals surface area (Å²) in [4.78, 5) is 12.3. The highest BCUT2D eigenvalue weighted by Crippen LogP contribution is 2.29. The zero-order valence-corrected chi connectivity index (χ0v) is 11.4. The monoisotopic (exact) mass is 269 g/mol. The zero-order chi connectivity index (χ0) is 13.9. The molecule has 0 heterocycles. The molecule has 1 aliphatic carbocycles. The highest BCUT2D eigenvalue weighted by molar-refractivity contribution is 6.03. The summed E-state index contributed by atoms with van der Waals surface area (Å²) in [5, 5.41) is 14.5. The number of aromatic hydroxyl groups is 1. The molecule has 2 aromatic rings. The van der Waals surface area contributed by atoms with Crippen LogP contribution in [0.5, 0.6) is 5.75 Å². The van der Waals surface area contributed by atoms with Crippen LogP contribution >= 0.6 is 0 Å². The van der Waals surface area contributed by atoms with Gasteiger partial charge < -0.3 is 10.4 Å². The minimum absolute atomic E-state index is 0.130. The van der Waals surface area contributed by atoms with Gasteiger partial charge in [-0.15, -0.1) is 0 Å². The molecule has 3 rings (SSSR count). The van der Waals surface area contributed by atoms with E-state index in [0.717, 1.165) is 42.1 Å². The molecule has 1 saturated carbocycles. The summed E-state index contributed by atoms with van der Waals surface area (Å²) in [5.74, 6) is 0.523. The fourth-order valence-electron chi connectivity index (χ4n) is 2.98. The predicted molar refractivity (Wildman–Crippen MR) is 80.8 cm³/mol. The molecular formula is C17H19NO2. The van der Waals surface area contributed by atoms with Gasteiger partial charge in [0.15, 0.2) is 0 Å². The Labute approximate surface area is 118 Å². The maximum atomic E-state index is 12.3. The van der Waals surface area contributed by atoms with Gasteiger partial charge in [-0.05, 0) is 42.5 Å². The number of hydrogen-bond donors (Lipinski definition) is 2. The number of anilines is 1. The Morgan fingerprint density at radius 2 is 1.90 bits per heavy atom. The first-order valence-corrected chi connectivity index (χ1v) is 7.26. The average molecular weight is 269 g/mol. The summed E-state index contributed by atoms with van der Waals surface area (Å²) < 4.78 is 0. The molecule has 3 heteroatoms. The van der Waals surface area contributed by atoms with Gasteiger partial charge in [-0.2, -0.15) is 0 Å². The maximum Gasteiger partial charge on any atom is 0.227 e. The van der Waals surface area contributed by atoms with E-state index in [1.165, 1.54) is 6.42 Å². The van der Waals surface area contributed by atoms with Crippen LogP contribution in [-0.4, -0.2) is 11.0 Å². The van der Waals surface area contributed by atoms with Crippen molar-refractivity contribution in [2.45, 2.75) is 32.1 Å². The van der Waals surface area contributed by atoms with Crippen molar-refractivity contribution >= 4 is 22.4 Å². The number of phenolic OH excluding ortho intramolecular Hbond substituents is 1. The van der Waals surface area contributed by atoms with E-state index >= 15 is 0 Å². The Morgan fingerprint density at radius 1 is 1.10 bits per heavy atom. The molecule has 2 aromatic carbocycles. The van der Waals surface area contributed by atoms with Crippen LogP contribution in [0.25, 0.3) is 10.8 Å². The molecule has 0 aliphatic heterocycles. The van der Waals surface area contributed by atoms with Crippen LogP contribution < -0.4 is 5.32 Å². The number of benzene rings is 2. The van der Waals surface area contributed by atoms with Gasteiger partial charge >= 0.3 is 0 Å². The summed E-state index contributed by atoms with van der Waals surface area (Å²) in [6.45, 7) is 0. The summed E-state index contributed by atoms with van der Waals surface area (Å²) in [6, 6.07) is 11.0. The third-order valence-electron chi connectivity index (χ3n) is 4.10. The van der Waals surface area contributed by atoms with Crippen LogP contribution in [0.4, 0.5) is 5.69 Å². The summed E-state index contributed by atoms with van der Waals surface area (Å²) in [7, 11) is 0. The highest BCUT2D eigenvalue weighted by atomic mass is 16.3. The van der Waals surface area contributed by atoms with E-state index in [1.807, 2.05) is 24.3 Å². The first kappa shape index (κ1) is 13.0. The topological polar surface area (TPSA) is 49.3 Å². The van der Waals surface area contributed by atoms with Crippen molar-refractivity contribution in [2.24, 2.45) is 5.92 Å². The molecule has 1 amide bonds. The second-order valence-corrected chi connectivity index (χ2v) is 5.54. The van der Waals surface area contributed by atoms with E-state index in [-0.39, 0.29) is 17.6 Å². The molecule has 0 saturated heterocycles. The molecule has 20 heavy (non-hydrogen) atoms. The first-order valence-electron chi connectivity index (χ1n) is 7.26. The summed E-state index contributed by atoms with van der Waals surface area (Å²) >= 11 is 0. The van der Waals surface area contributed by atoms with Crippen LogP contribution in [0.3, 0.4) is 0 Å². The smallest absolute Gasteiger partial charge is 0.227 e. The van der Waals surface area contributed by atoms with Crippen molar-refractivity contribution in [3.63, 3.8) is 0 Å². The molecule has 0 atom stereocenters. The lowest BCUT2D eigenvalue weighted by molar-refractivity contribution is -0.120. The lowest BCUT2D eigenvalue weighted by atomic mass is 9.88. The van der Waals surface area contributed by atoms with Gasteiger partial charge in [-0.3, -0.25) is 4.79 Å². The normalized spacial score (nSPS) is 16.2. The van der Waals surface area contributed by atoms with Crippen LogP contribution in [0.15, 0.2) is 36.4 Å². The molecule has 0 spiro atoms. The van der Waals surface area contributed by atoms with Crippen molar-refractivity contribution in [3.05, 3.63) is 36.4 Å². The molecule has 1 fully saturated rings. The second kappa shape index (κ2) is 5.53. The van der Waals surface area contributed by atoms with Gasteiger partial charge in [0, 0.05) is 17.0 Å². The summed E-state index contributed by atoms with van der Waals surface area (Å²) in [6.07, 6.45) is 5.55. The SMILES string of the molecule is O=C(Nc1cccc2cc(O)ccc12)C1CCCCC1. The van der Waals surface area contributed by atoms with Crippen molar-refractivity contribution < 1.29 is 9.90 Å². The molecule has 0 unspecified atom stereocenters.